The average Bonchev–Trinajstić information content (AvgIpc) is 2.68. The van der Waals surface area contributed by atoms with E-state index in [0.29, 0.717) is 25.9 Å². The van der Waals surface area contributed by atoms with Crippen molar-refractivity contribution in [1.82, 2.24) is 4.90 Å². The van der Waals surface area contributed by atoms with Crippen molar-refractivity contribution in [2.45, 2.75) is 38.8 Å². The Hall–Kier alpha value is -2.62. The second kappa shape index (κ2) is 8.65. The number of carboxylic acids is 1. The first-order chi connectivity index (χ1) is 12.6. The van der Waals surface area contributed by atoms with Gasteiger partial charge in [-0.2, -0.15) is 0 Å². The van der Waals surface area contributed by atoms with Crippen molar-refractivity contribution in [3.8, 4) is 0 Å². The maximum absolute atomic E-state index is 13.3. The van der Waals surface area contributed by atoms with E-state index in [2.05, 4.69) is 0 Å². The first kappa shape index (κ1) is 18.2. The van der Waals surface area contributed by atoms with Gasteiger partial charge < -0.3 is 14.8 Å². The molecule has 2 aromatic carbocycles. The number of rotatable bonds is 6. The zero-order valence-electron chi connectivity index (χ0n) is 14.8. The molecular formula is C22H24NO3-. The van der Waals surface area contributed by atoms with Crippen molar-refractivity contribution in [3.63, 3.8) is 0 Å². The molecule has 0 radical (unpaired) electrons. The molecule has 0 spiro atoms. The molecule has 0 heterocycles. The summed E-state index contributed by atoms with van der Waals surface area (Å²) in [7, 11) is 0. The Kier molecular flexibility index (Phi) is 6.05. The van der Waals surface area contributed by atoms with Gasteiger partial charge in [-0.25, -0.2) is 0 Å². The van der Waals surface area contributed by atoms with Crippen molar-refractivity contribution < 1.29 is 14.7 Å². The number of carbonyl (C=O) groups excluding carboxylic acids is 2. The summed E-state index contributed by atoms with van der Waals surface area (Å²) in [4.78, 5) is 26.6. The Bertz CT molecular complexity index is 688. The molecule has 1 aliphatic rings. The zero-order chi connectivity index (χ0) is 18.4. The van der Waals surface area contributed by atoms with Crippen LogP contribution in [0.2, 0.25) is 0 Å². The second-order valence-electron chi connectivity index (χ2n) is 6.98. The van der Waals surface area contributed by atoms with E-state index in [4.69, 9.17) is 0 Å². The summed E-state index contributed by atoms with van der Waals surface area (Å²) in [6.07, 6.45) is 2.89. The lowest BCUT2D eigenvalue weighted by molar-refractivity contribution is -0.314. The quantitative estimate of drug-likeness (QED) is 0.805. The molecule has 2 aromatic rings. The smallest absolute Gasteiger partial charge is 0.226 e. The van der Waals surface area contributed by atoms with Gasteiger partial charge in [-0.15, -0.1) is 0 Å². The molecule has 1 fully saturated rings. The van der Waals surface area contributed by atoms with Gasteiger partial charge in [0.1, 0.15) is 0 Å². The minimum atomic E-state index is -1.09. The van der Waals surface area contributed by atoms with E-state index in [1.54, 1.807) is 4.90 Å². The topological polar surface area (TPSA) is 60.4 Å². The van der Waals surface area contributed by atoms with Crippen LogP contribution >= 0.6 is 0 Å². The van der Waals surface area contributed by atoms with E-state index in [0.717, 1.165) is 24.0 Å². The predicted molar refractivity (Wildman–Crippen MR) is 97.6 cm³/mol. The molecule has 3 rings (SSSR count). The third kappa shape index (κ3) is 4.51. The first-order valence-corrected chi connectivity index (χ1v) is 9.22. The van der Waals surface area contributed by atoms with Crippen LogP contribution in [-0.4, -0.2) is 16.8 Å². The van der Waals surface area contributed by atoms with Gasteiger partial charge in [0.15, 0.2) is 0 Å². The zero-order valence-corrected chi connectivity index (χ0v) is 14.8. The Morgan fingerprint density at radius 1 is 0.808 bits per heavy atom. The fraction of sp³-hybridized carbons (Fsp3) is 0.364. The molecular weight excluding hydrogens is 326 g/mol. The van der Waals surface area contributed by atoms with Crippen LogP contribution in [-0.2, 0) is 22.7 Å². The van der Waals surface area contributed by atoms with Gasteiger partial charge in [-0.1, -0.05) is 73.5 Å². The molecule has 4 nitrogen and oxygen atoms in total. The van der Waals surface area contributed by atoms with Crippen LogP contribution in [0.5, 0.6) is 0 Å². The van der Waals surface area contributed by atoms with Crippen LogP contribution < -0.4 is 5.11 Å². The Balaban J connectivity index is 1.83. The van der Waals surface area contributed by atoms with Gasteiger partial charge in [-0.05, 0) is 24.0 Å². The van der Waals surface area contributed by atoms with E-state index in [1.165, 1.54) is 0 Å². The molecule has 1 saturated carbocycles. The molecule has 1 amide bonds. The molecule has 4 heteroatoms. The number of nitrogens with zero attached hydrogens (tertiary/aromatic N) is 1. The molecule has 136 valence electrons. The van der Waals surface area contributed by atoms with E-state index >= 15 is 0 Å². The Labute approximate surface area is 154 Å². The SMILES string of the molecule is O=C([O-])C1CCCCC1C(=O)N(Cc1ccccc1)Cc1ccccc1. The number of hydrogen-bond donors (Lipinski definition) is 0. The predicted octanol–water partition coefficient (Wildman–Crippen LogP) is 2.77. The van der Waals surface area contributed by atoms with E-state index in [1.807, 2.05) is 60.7 Å². The normalized spacial score (nSPS) is 19.7. The van der Waals surface area contributed by atoms with Crippen molar-refractivity contribution in [2.24, 2.45) is 11.8 Å². The van der Waals surface area contributed by atoms with Crippen LogP contribution in [0.1, 0.15) is 36.8 Å². The van der Waals surface area contributed by atoms with E-state index in [9.17, 15) is 14.7 Å². The van der Waals surface area contributed by atoms with Gasteiger partial charge in [-0.3, -0.25) is 4.79 Å². The molecule has 2 unspecified atom stereocenters. The summed E-state index contributed by atoms with van der Waals surface area (Å²) in [6, 6.07) is 19.6. The summed E-state index contributed by atoms with van der Waals surface area (Å²) in [6.45, 7) is 0.954. The van der Waals surface area contributed by atoms with Crippen LogP contribution in [0, 0.1) is 11.8 Å². The number of amides is 1. The van der Waals surface area contributed by atoms with Crippen molar-refractivity contribution in [1.29, 1.82) is 0 Å². The molecule has 1 aliphatic carbocycles. The van der Waals surface area contributed by atoms with Gasteiger partial charge in [0.05, 0.1) is 0 Å². The second-order valence-corrected chi connectivity index (χ2v) is 6.98. The summed E-state index contributed by atoms with van der Waals surface area (Å²) in [5.41, 5.74) is 2.08. The minimum absolute atomic E-state index is 0.0772. The van der Waals surface area contributed by atoms with Crippen LogP contribution in [0.25, 0.3) is 0 Å². The summed E-state index contributed by atoms with van der Waals surface area (Å²) < 4.78 is 0. The standard InChI is InChI=1S/C22H25NO3/c24-21(19-13-7-8-14-20(19)22(25)26)23(15-17-9-3-1-4-10-17)16-18-11-5-2-6-12-18/h1-6,9-12,19-20H,7-8,13-16H2,(H,25,26)/p-1. The van der Waals surface area contributed by atoms with Crippen LogP contribution in [0.15, 0.2) is 60.7 Å². The van der Waals surface area contributed by atoms with E-state index in [-0.39, 0.29) is 5.91 Å². The highest BCUT2D eigenvalue weighted by Crippen LogP contribution is 2.32. The molecule has 0 aliphatic heterocycles. The maximum atomic E-state index is 13.3. The number of carboxylic acid groups (broad SMARTS) is 1. The number of hydrogen-bond acceptors (Lipinski definition) is 3. The highest BCUT2D eigenvalue weighted by atomic mass is 16.4. The van der Waals surface area contributed by atoms with Crippen molar-refractivity contribution >= 4 is 11.9 Å². The lowest BCUT2D eigenvalue weighted by Gasteiger charge is -2.35. The summed E-state index contributed by atoms with van der Waals surface area (Å²) >= 11 is 0. The minimum Gasteiger partial charge on any atom is -0.550 e. The number of carbonyl (C=O) groups is 2. The van der Waals surface area contributed by atoms with Gasteiger partial charge in [0.25, 0.3) is 0 Å². The first-order valence-electron chi connectivity index (χ1n) is 9.22. The van der Waals surface area contributed by atoms with Gasteiger partial charge >= 0.3 is 0 Å². The average molecular weight is 350 g/mol. The molecule has 0 saturated heterocycles. The molecule has 26 heavy (non-hydrogen) atoms. The van der Waals surface area contributed by atoms with Gasteiger partial charge in [0, 0.05) is 30.9 Å². The number of aliphatic carboxylic acids is 1. The van der Waals surface area contributed by atoms with Crippen LogP contribution in [0.4, 0.5) is 0 Å². The number of benzene rings is 2. The Morgan fingerprint density at radius 2 is 1.27 bits per heavy atom. The third-order valence-electron chi connectivity index (χ3n) is 5.13. The lowest BCUT2D eigenvalue weighted by atomic mass is 9.78. The lowest BCUT2D eigenvalue weighted by Crippen LogP contribution is -2.45. The van der Waals surface area contributed by atoms with Crippen LogP contribution in [0.3, 0.4) is 0 Å². The largest absolute Gasteiger partial charge is 0.550 e. The highest BCUT2D eigenvalue weighted by molar-refractivity contribution is 5.84. The van der Waals surface area contributed by atoms with Crippen molar-refractivity contribution in [3.05, 3.63) is 71.8 Å². The molecule has 0 aromatic heterocycles. The fourth-order valence-electron chi connectivity index (χ4n) is 3.76. The monoisotopic (exact) mass is 350 g/mol. The fourth-order valence-corrected chi connectivity index (χ4v) is 3.76. The molecule has 0 bridgehead atoms. The summed E-state index contributed by atoms with van der Waals surface area (Å²) in [5, 5.41) is 11.5. The van der Waals surface area contributed by atoms with Crippen molar-refractivity contribution in [2.75, 3.05) is 0 Å². The molecule has 0 N–H and O–H groups in total. The third-order valence-corrected chi connectivity index (χ3v) is 5.13. The van der Waals surface area contributed by atoms with Gasteiger partial charge in [0.2, 0.25) is 5.91 Å². The highest BCUT2D eigenvalue weighted by Gasteiger charge is 2.34. The van der Waals surface area contributed by atoms with E-state index < -0.39 is 17.8 Å². The maximum Gasteiger partial charge on any atom is 0.226 e. The molecule has 2 atom stereocenters. The Morgan fingerprint density at radius 3 is 1.73 bits per heavy atom. The summed E-state index contributed by atoms with van der Waals surface area (Å²) in [5.74, 6) is -2.33.